The van der Waals surface area contributed by atoms with Crippen LogP contribution in [0.15, 0.2) is 23.0 Å². The lowest BCUT2D eigenvalue weighted by molar-refractivity contribution is 0.510. The third-order valence-electron chi connectivity index (χ3n) is 3.98. The van der Waals surface area contributed by atoms with E-state index in [1.807, 2.05) is 41.8 Å². The van der Waals surface area contributed by atoms with Crippen molar-refractivity contribution in [2.75, 3.05) is 19.0 Å². The zero-order valence-corrected chi connectivity index (χ0v) is 12.5. The van der Waals surface area contributed by atoms with E-state index in [0.29, 0.717) is 10.8 Å². The Hall–Kier alpha value is -1.55. The summed E-state index contributed by atoms with van der Waals surface area (Å²) >= 11 is 6.13. The van der Waals surface area contributed by atoms with Crippen molar-refractivity contribution in [1.82, 2.24) is 9.55 Å². The molecule has 20 heavy (non-hydrogen) atoms. The number of fused-ring (bicyclic) bond motifs is 1. The van der Waals surface area contributed by atoms with Crippen LogP contribution in [0.1, 0.15) is 31.7 Å². The predicted molar refractivity (Wildman–Crippen MR) is 82.8 cm³/mol. The fourth-order valence-electron chi connectivity index (χ4n) is 3.06. The molecule has 106 valence electrons. The molecule has 1 aliphatic rings. The van der Waals surface area contributed by atoms with E-state index < -0.39 is 0 Å². The minimum atomic E-state index is -0.171. The van der Waals surface area contributed by atoms with E-state index >= 15 is 0 Å². The number of nitrogens with zero attached hydrogens (tertiary/aromatic N) is 3. The quantitative estimate of drug-likeness (QED) is 0.852. The summed E-state index contributed by atoms with van der Waals surface area (Å²) in [7, 11) is 3.80. The van der Waals surface area contributed by atoms with Crippen LogP contribution in [0, 0.1) is 0 Å². The largest absolute Gasteiger partial charge is 0.362 e. The van der Waals surface area contributed by atoms with Gasteiger partial charge in [-0.15, -0.1) is 0 Å². The molecule has 0 saturated heterocycles. The van der Waals surface area contributed by atoms with Crippen LogP contribution < -0.4 is 10.6 Å². The highest BCUT2D eigenvalue weighted by Gasteiger charge is 2.22. The molecule has 1 aromatic heterocycles. The molecule has 2 aromatic rings. The maximum absolute atomic E-state index is 12.4. The Labute approximate surface area is 123 Å². The van der Waals surface area contributed by atoms with Gasteiger partial charge in [0.25, 0.3) is 0 Å². The second-order valence-electron chi connectivity index (χ2n) is 5.58. The van der Waals surface area contributed by atoms with E-state index in [4.69, 9.17) is 11.6 Å². The highest BCUT2D eigenvalue weighted by molar-refractivity contribution is 6.31. The van der Waals surface area contributed by atoms with Gasteiger partial charge in [-0.1, -0.05) is 24.4 Å². The number of halogens is 1. The molecule has 1 heterocycles. The van der Waals surface area contributed by atoms with Crippen LogP contribution in [0.4, 0.5) is 5.82 Å². The molecular weight excluding hydrogens is 274 g/mol. The molecule has 0 radical (unpaired) electrons. The number of hydrogen-bond acceptors (Lipinski definition) is 3. The first kappa shape index (κ1) is 13.4. The Morgan fingerprint density at radius 1 is 1.30 bits per heavy atom. The topological polar surface area (TPSA) is 38.1 Å². The van der Waals surface area contributed by atoms with E-state index in [1.54, 1.807) is 0 Å². The molecule has 1 fully saturated rings. The molecule has 0 aliphatic heterocycles. The van der Waals surface area contributed by atoms with Gasteiger partial charge in [-0.25, -0.2) is 4.79 Å². The van der Waals surface area contributed by atoms with E-state index in [0.717, 1.165) is 23.7 Å². The highest BCUT2D eigenvalue weighted by atomic mass is 35.5. The summed E-state index contributed by atoms with van der Waals surface area (Å²) in [6.45, 7) is 0. The van der Waals surface area contributed by atoms with Crippen molar-refractivity contribution in [3.05, 3.63) is 33.7 Å². The number of hydrogen-bond donors (Lipinski definition) is 0. The third kappa shape index (κ3) is 2.18. The van der Waals surface area contributed by atoms with E-state index in [2.05, 4.69) is 4.98 Å². The second kappa shape index (κ2) is 5.09. The van der Waals surface area contributed by atoms with Gasteiger partial charge in [-0.2, -0.15) is 4.98 Å². The highest BCUT2D eigenvalue weighted by Crippen LogP contribution is 2.33. The normalized spacial score (nSPS) is 15.9. The van der Waals surface area contributed by atoms with Gasteiger partial charge in [0.2, 0.25) is 0 Å². The standard InChI is InChI=1S/C15H18ClN3O/c1-18(2)14-12-8-7-10(16)9-13(12)19(15(20)17-14)11-5-3-4-6-11/h7-9,11H,3-6H2,1-2H3. The van der Waals surface area contributed by atoms with Crippen molar-refractivity contribution in [2.24, 2.45) is 0 Å². The van der Waals surface area contributed by atoms with Gasteiger partial charge in [0.1, 0.15) is 5.82 Å². The Bertz CT molecular complexity index is 702. The molecule has 1 aliphatic carbocycles. The number of benzene rings is 1. The van der Waals surface area contributed by atoms with Crippen LogP contribution >= 0.6 is 11.6 Å². The summed E-state index contributed by atoms with van der Waals surface area (Å²) in [5.41, 5.74) is 0.725. The summed E-state index contributed by atoms with van der Waals surface area (Å²) < 4.78 is 1.83. The van der Waals surface area contributed by atoms with Gasteiger partial charge < -0.3 is 4.90 Å². The summed E-state index contributed by atoms with van der Waals surface area (Å²) in [4.78, 5) is 18.6. The lowest BCUT2D eigenvalue weighted by Gasteiger charge is -2.20. The minimum Gasteiger partial charge on any atom is -0.362 e. The maximum Gasteiger partial charge on any atom is 0.350 e. The van der Waals surface area contributed by atoms with Crippen molar-refractivity contribution in [1.29, 1.82) is 0 Å². The molecule has 1 saturated carbocycles. The first-order chi connectivity index (χ1) is 9.58. The van der Waals surface area contributed by atoms with Crippen molar-refractivity contribution < 1.29 is 0 Å². The van der Waals surface area contributed by atoms with Crippen molar-refractivity contribution in [3.63, 3.8) is 0 Å². The SMILES string of the molecule is CN(C)c1nc(=O)n(C2CCCC2)c2cc(Cl)ccc12. The van der Waals surface area contributed by atoms with Gasteiger partial charge in [0, 0.05) is 30.5 Å². The van der Waals surface area contributed by atoms with Crippen LogP contribution in [0.2, 0.25) is 5.02 Å². The van der Waals surface area contributed by atoms with Crippen LogP contribution in [0.25, 0.3) is 10.9 Å². The monoisotopic (exact) mass is 291 g/mol. The number of anilines is 1. The average Bonchev–Trinajstić information content (AvgIpc) is 2.90. The lowest BCUT2D eigenvalue weighted by Crippen LogP contribution is -2.29. The summed E-state index contributed by atoms with van der Waals surface area (Å²) in [5, 5.41) is 1.63. The third-order valence-corrected chi connectivity index (χ3v) is 4.22. The first-order valence-corrected chi connectivity index (χ1v) is 7.35. The van der Waals surface area contributed by atoms with Gasteiger partial charge in [0.15, 0.2) is 0 Å². The second-order valence-corrected chi connectivity index (χ2v) is 6.02. The molecule has 0 atom stereocenters. The molecule has 0 unspecified atom stereocenters. The smallest absolute Gasteiger partial charge is 0.350 e. The zero-order chi connectivity index (χ0) is 14.3. The molecule has 0 N–H and O–H groups in total. The summed E-state index contributed by atoms with van der Waals surface area (Å²) in [6.07, 6.45) is 4.44. The fourth-order valence-corrected chi connectivity index (χ4v) is 3.22. The van der Waals surface area contributed by atoms with Gasteiger partial charge in [0.05, 0.1) is 5.52 Å². The van der Waals surface area contributed by atoms with Crippen LogP contribution in [-0.4, -0.2) is 23.6 Å². The fraction of sp³-hybridized carbons (Fsp3) is 0.467. The van der Waals surface area contributed by atoms with E-state index in [-0.39, 0.29) is 11.7 Å². The Morgan fingerprint density at radius 3 is 2.65 bits per heavy atom. The van der Waals surface area contributed by atoms with Crippen LogP contribution in [0.3, 0.4) is 0 Å². The van der Waals surface area contributed by atoms with E-state index in [1.165, 1.54) is 12.8 Å². The van der Waals surface area contributed by atoms with Crippen LogP contribution in [0.5, 0.6) is 0 Å². The molecule has 0 bridgehead atoms. The molecule has 0 spiro atoms. The molecule has 5 heteroatoms. The number of rotatable bonds is 2. The molecular formula is C15H18ClN3O. The van der Waals surface area contributed by atoms with Crippen molar-refractivity contribution >= 4 is 28.3 Å². The molecule has 0 amide bonds. The van der Waals surface area contributed by atoms with Gasteiger partial charge in [-0.3, -0.25) is 4.57 Å². The predicted octanol–water partition coefficient (Wildman–Crippen LogP) is 3.23. The summed E-state index contributed by atoms with van der Waals surface area (Å²) in [6, 6.07) is 5.94. The lowest BCUT2D eigenvalue weighted by atomic mass is 10.2. The van der Waals surface area contributed by atoms with Gasteiger partial charge >= 0.3 is 5.69 Å². The Morgan fingerprint density at radius 2 is 2.00 bits per heavy atom. The van der Waals surface area contributed by atoms with Crippen molar-refractivity contribution in [3.8, 4) is 0 Å². The Balaban J connectivity index is 2.34. The summed E-state index contributed by atoms with van der Waals surface area (Å²) in [5.74, 6) is 0.705. The molecule has 4 nitrogen and oxygen atoms in total. The zero-order valence-electron chi connectivity index (χ0n) is 11.8. The molecule has 3 rings (SSSR count). The average molecular weight is 292 g/mol. The van der Waals surface area contributed by atoms with Crippen LogP contribution in [-0.2, 0) is 0 Å². The maximum atomic E-state index is 12.4. The Kier molecular flexibility index (Phi) is 3.42. The molecule has 1 aromatic carbocycles. The first-order valence-electron chi connectivity index (χ1n) is 6.97. The number of aromatic nitrogens is 2. The van der Waals surface area contributed by atoms with Gasteiger partial charge in [-0.05, 0) is 31.0 Å². The van der Waals surface area contributed by atoms with Crippen molar-refractivity contribution in [2.45, 2.75) is 31.7 Å². The minimum absolute atomic E-state index is 0.171. The van der Waals surface area contributed by atoms with E-state index in [9.17, 15) is 4.79 Å².